The van der Waals surface area contributed by atoms with Crippen LogP contribution < -0.4 is 15.6 Å². The van der Waals surface area contributed by atoms with Crippen molar-refractivity contribution in [2.75, 3.05) is 0 Å². The Morgan fingerprint density at radius 2 is 1.84 bits per heavy atom. The van der Waals surface area contributed by atoms with Gasteiger partial charge in [-0.05, 0) is 43.2 Å². The van der Waals surface area contributed by atoms with E-state index in [9.17, 15) is 22.8 Å². The van der Waals surface area contributed by atoms with Crippen molar-refractivity contribution >= 4 is 5.91 Å². The molecule has 2 N–H and O–H groups in total. The number of hydrogen-bond donors (Lipinski definition) is 2. The van der Waals surface area contributed by atoms with Crippen LogP contribution in [0.25, 0.3) is 0 Å². The van der Waals surface area contributed by atoms with Gasteiger partial charge in [0.15, 0.2) is 0 Å². The van der Waals surface area contributed by atoms with Gasteiger partial charge in [0, 0.05) is 17.8 Å². The number of benzene rings is 1. The van der Waals surface area contributed by atoms with Crippen LogP contribution in [-0.4, -0.2) is 17.3 Å². The van der Waals surface area contributed by atoms with Gasteiger partial charge >= 0.3 is 6.36 Å². The normalized spacial score (nSPS) is 11.2. The van der Waals surface area contributed by atoms with Crippen LogP contribution in [0.3, 0.4) is 0 Å². The summed E-state index contributed by atoms with van der Waals surface area (Å²) < 4.78 is 40.0. The minimum Gasteiger partial charge on any atom is -0.406 e. The predicted molar refractivity (Wildman–Crippen MR) is 85.2 cm³/mol. The number of aromatic nitrogens is 1. The summed E-state index contributed by atoms with van der Waals surface area (Å²) in [4.78, 5) is 26.5. The van der Waals surface area contributed by atoms with E-state index >= 15 is 0 Å². The lowest BCUT2D eigenvalue weighted by Gasteiger charge is -2.10. The molecule has 2 rings (SSSR count). The maximum Gasteiger partial charge on any atom is 0.573 e. The highest BCUT2D eigenvalue weighted by molar-refractivity contribution is 5.78. The van der Waals surface area contributed by atoms with Gasteiger partial charge in [0.05, 0.1) is 6.42 Å². The first-order chi connectivity index (χ1) is 11.6. The highest BCUT2D eigenvalue weighted by atomic mass is 19.4. The summed E-state index contributed by atoms with van der Waals surface area (Å²) in [6, 6.07) is 6.85. The zero-order chi connectivity index (χ0) is 18.6. The van der Waals surface area contributed by atoms with Crippen molar-refractivity contribution in [3.05, 3.63) is 63.1 Å². The Balaban J connectivity index is 1.94. The van der Waals surface area contributed by atoms with Crippen molar-refractivity contribution in [3.63, 3.8) is 0 Å². The predicted octanol–water partition coefficient (Wildman–Crippen LogP) is 2.75. The molecule has 8 heteroatoms. The fraction of sp³-hybridized carbons (Fsp3) is 0.294. The average molecular weight is 354 g/mol. The molecule has 1 amide bonds. The largest absolute Gasteiger partial charge is 0.573 e. The number of hydrogen-bond acceptors (Lipinski definition) is 3. The summed E-state index contributed by atoms with van der Waals surface area (Å²) in [7, 11) is 0. The van der Waals surface area contributed by atoms with E-state index in [2.05, 4.69) is 15.0 Å². The van der Waals surface area contributed by atoms with Gasteiger partial charge in [0.1, 0.15) is 5.75 Å². The Hall–Kier alpha value is -2.77. The fourth-order valence-electron chi connectivity index (χ4n) is 2.35. The topological polar surface area (TPSA) is 71.2 Å². The molecule has 0 bridgehead atoms. The van der Waals surface area contributed by atoms with E-state index < -0.39 is 6.36 Å². The number of aryl methyl sites for hydroxylation is 2. The standard InChI is InChI=1S/C17H17F3N2O3/c1-10-7-11(2)22-16(24)14(10)9-21-15(23)8-12-3-5-13(6-4-12)25-17(18,19)20/h3-7H,8-9H2,1-2H3,(H,21,23)(H,22,24). The van der Waals surface area contributed by atoms with Crippen LogP contribution in [0.5, 0.6) is 5.75 Å². The Labute approximate surface area is 141 Å². The van der Waals surface area contributed by atoms with E-state index in [-0.39, 0.29) is 30.2 Å². The number of H-pyrrole nitrogens is 1. The third-order valence-electron chi connectivity index (χ3n) is 3.48. The first-order valence-corrected chi connectivity index (χ1v) is 7.45. The number of carbonyl (C=O) groups excluding carboxylic acids is 1. The molecule has 0 spiro atoms. The lowest BCUT2D eigenvalue weighted by Crippen LogP contribution is -2.29. The number of carbonyl (C=O) groups is 1. The number of pyridine rings is 1. The SMILES string of the molecule is Cc1cc(C)c(CNC(=O)Cc2ccc(OC(F)(F)F)cc2)c(=O)[nH]1. The van der Waals surface area contributed by atoms with Crippen LogP contribution in [0.1, 0.15) is 22.4 Å². The summed E-state index contributed by atoms with van der Waals surface area (Å²) in [5, 5.41) is 2.63. The molecule has 5 nitrogen and oxygen atoms in total. The molecule has 1 aromatic carbocycles. The zero-order valence-corrected chi connectivity index (χ0v) is 13.7. The number of nitrogens with one attached hydrogen (secondary N) is 2. The van der Waals surface area contributed by atoms with E-state index in [1.54, 1.807) is 13.8 Å². The maximum atomic E-state index is 12.1. The third-order valence-corrected chi connectivity index (χ3v) is 3.48. The molecule has 0 atom stereocenters. The summed E-state index contributed by atoms with van der Waals surface area (Å²) >= 11 is 0. The molecular weight excluding hydrogens is 337 g/mol. The number of halogens is 3. The lowest BCUT2D eigenvalue weighted by molar-refractivity contribution is -0.274. The molecule has 0 radical (unpaired) electrons. The fourth-order valence-corrected chi connectivity index (χ4v) is 2.35. The van der Waals surface area contributed by atoms with Gasteiger partial charge in [-0.25, -0.2) is 0 Å². The van der Waals surface area contributed by atoms with E-state index in [1.807, 2.05) is 6.07 Å². The van der Waals surface area contributed by atoms with Crippen LogP contribution >= 0.6 is 0 Å². The number of ether oxygens (including phenoxy) is 1. The van der Waals surface area contributed by atoms with Crippen molar-refractivity contribution in [2.45, 2.75) is 33.2 Å². The highest BCUT2D eigenvalue weighted by Gasteiger charge is 2.30. The summed E-state index contributed by atoms with van der Waals surface area (Å²) in [5.41, 5.74) is 2.25. The van der Waals surface area contributed by atoms with Crippen LogP contribution in [0.15, 0.2) is 35.1 Å². The van der Waals surface area contributed by atoms with E-state index in [1.165, 1.54) is 12.1 Å². The maximum absolute atomic E-state index is 12.1. The molecule has 0 saturated carbocycles. The molecule has 0 fully saturated rings. The van der Waals surface area contributed by atoms with Crippen LogP contribution in [0.4, 0.5) is 13.2 Å². The summed E-state index contributed by atoms with van der Waals surface area (Å²) in [6.45, 7) is 3.63. The van der Waals surface area contributed by atoms with Gasteiger partial charge < -0.3 is 15.0 Å². The Morgan fingerprint density at radius 3 is 2.40 bits per heavy atom. The Bertz CT molecular complexity index is 811. The molecule has 1 aromatic heterocycles. The quantitative estimate of drug-likeness (QED) is 0.867. The van der Waals surface area contributed by atoms with Gasteiger partial charge in [0.2, 0.25) is 5.91 Å². The molecule has 0 unspecified atom stereocenters. The van der Waals surface area contributed by atoms with E-state index in [0.29, 0.717) is 11.1 Å². The third kappa shape index (κ3) is 5.66. The smallest absolute Gasteiger partial charge is 0.406 e. The first-order valence-electron chi connectivity index (χ1n) is 7.45. The van der Waals surface area contributed by atoms with Crippen molar-refractivity contribution in [1.29, 1.82) is 0 Å². The van der Waals surface area contributed by atoms with Crippen molar-refractivity contribution in [2.24, 2.45) is 0 Å². The second-order valence-electron chi connectivity index (χ2n) is 5.59. The summed E-state index contributed by atoms with van der Waals surface area (Å²) in [6.07, 6.45) is -4.77. The van der Waals surface area contributed by atoms with Crippen molar-refractivity contribution in [1.82, 2.24) is 10.3 Å². The molecule has 134 valence electrons. The molecule has 1 heterocycles. The Morgan fingerprint density at radius 1 is 1.20 bits per heavy atom. The molecule has 0 aliphatic carbocycles. The second kappa shape index (κ2) is 7.42. The molecule has 25 heavy (non-hydrogen) atoms. The second-order valence-corrected chi connectivity index (χ2v) is 5.59. The first kappa shape index (κ1) is 18.6. The van der Waals surface area contributed by atoms with Crippen LogP contribution in [-0.2, 0) is 17.8 Å². The van der Waals surface area contributed by atoms with Gasteiger partial charge in [-0.2, -0.15) is 0 Å². The van der Waals surface area contributed by atoms with Gasteiger partial charge in [-0.15, -0.1) is 13.2 Å². The van der Waals surface area contributed by atoms with Gasteiger partial charge in [-0.3, -0.25) is 9.59 Å². The van der Waals surface area contributed by atoms with Crippen LogP contribution in [0.2, 0.25) is 0 Å². The van der Waals surface area contributed by atoms with E-state index in [4.69, 9.17) is 0 Å². The average Bonchev–Trinajstić information content (AvgIpc) is 2.46. The van der Waals surface area contributed by atoms with Crippen molar-refractivity contribution < 1.29 is 22.7 Å². The lowest BCUT2D eigenvalue weighted by atomic mass is 10.1. The highest BCUT2D eigenvalue weighted by Crippen LogP contribution is 2.22. The molecule has 0 saturated heterocycles. The zero-order valence-electron chi connectivity index (χ0n) is 13.7. The monoisotopic (exact) mass is 354 g/mol. The molecule has 0 aliphatic heterocycles. The van der Waals surface area contributed by atoms with E-state index in [0.717, 1.165) is 23.4 Å². The minimum absolute atomic E-state index is 0.0187. The molecule has 0 aliphatic rings. The van der Waals surface area contributed by atoms with Crippen molar-refractivity contribution in [3.8, 4) is 5.75 Å². The number of amides is 1. The molecule has 2 aromatic rings. The summed E-state index contributed by atoms with van der Waals surface area (Å²) in [5.74, 6) is -0.692. The number of rotatable bonds is 5. The van der Waals surface area contributed by atoms with Gasteiger partial charge in [-0.1, -0.05) is 12.1 Å². The minimum atomic E-state index is -4.75. The molecular formula is C17H17F3N2O3. The van der Waals surface area contributed by atoms with Crippen LogP contribution in [0, 0.1) is 13.8 Å². The van der Waals surface area contributed by atoms with Gasteiger partial charge in [0.25, 0.3) is 5.56 Å². The number of alkyl halides is 3. The Kier molecular flexibility index (Phi) is 5.51. The number of aromatic amines is 1.